The molecule has 0 spiro atoms. The monoisotopic (exact) mass is 370 g/mol. The van der Waals surface area contributed by atoms with Gasteiger partial charge in [0, 0.05) is 38.3 Å². The van der Waals surface area contributed by atoms with Gasteiger partial charge >= 0.3 is 0 Å². The average Bonchev–Trinajstić information content (AvgIpc) is 3.10. The van der Waals surface area contributed by atoms with E-state index in [0.29, 0.717) is 18.0 Å². The van der Waals surface area contributed by atoms with Crippen LogP contribution in [0.25, 0.3) is 0 Å². The number of nitrogens with zero attached hydrogens (tertiary/aromatic N) is 3. The fourth-order valence-corrected chi connectivity index (χ4v) is 3.61. The van der Waals surface area contributed by atoms with Gasteiger partial charge in [-0.15, -0.1) is 0 Å². The van der Waals surface area contributed by atoms with Gasteiger partial charge in [-0.05, 0) is 49.4 Å². The van der Waals surface area contributed by atoms with Crippen molar-refractivity contribution in [3.63, 3.8) is 0 Å². The van der Waals surface area contributed by atoms with Crippen molar-refractivity contribution >= 4 is 11.6 Å². The van der Waals surface area contributed by atoms with Crippen LogP contribution in [0.2, 0.25) is 0 Å². The van der Waals surface area contributed by atoms with E-state index < -0.39 is 0 Å². The number of aryl methyl sites for hydroxylation is 3. The van der Waals surface area contributed by atoms with Gasteiger partial charge in [-0.1, -0.05) is 0 Å². The quantitative estimate of drug-likeness (QED) is 0.866. The summed E-state index contributed by atoms with van der Waals surface area (Å²) in [6.45, 7) is 6.15. The molecule has 1 aromatic heterocycles. The first-order valence-corrected chi connectivity index (χ1v) is 9.10. The Morgan fingerprint density at radius 2 is 2.00 bits per heavy atom. The minimum absolute atomic E-state index is 0.0717. The first-order valence-electron chi connectivity index (χ1n) is 9.10. The minimum Gasteiger partial charge on any atom is -0.496 e. The predicted molar refractivity (Wildman–Crippen MR) is 105 cm³/mol. The first-order chi connectivity index (χ1) is 12.9. The number of ether oxygens (including phenoxy) is 1. The van der Waals surface area contributed by atoms with Gasteiger partial charge in [0.25, 0.3) is 11.5 Å². The molecule has 1 unspecified atom stereocenters. The highest BCUT2D eigenvalue weighted by atomic mass is 16.5. The van der Waals surface area contributed by atoms with Crippen LogP contribution in [-0.2, 0) is 7.05 Å². The summed E-state index contributed by atoms with van der Waals surface area (Å²) >= 11 is 0. The maximum atomic E-state index is 12.5. The van der Waals surface area contributed by atoms with Gasteiger partial charge in [0.15, 0.2) is 0 Å². The minimum atomic E-state index is -0.116. The van der Waals surface area contributed by atoms with Crippen molar-refractivity contribution in [2.75, 3.05) is 31.6 Å². The lowest BCUT2D eigenvalue weighted by molar-refractivity contribution is 0.0948. The lowest BCUT2D eigenvalue weighted by Gasteiger charge is -2.18. The molecule has 0 radical (unpaired) electrons. The molecule has 1 saturated heterocycles. The molecule has 3 rings (SSSR count). The van der Waals surface area contributed by atoms with Crippen LogP contribution in [0.3, 0.4) is 0 Å². The van der Waals surface area contributed by atoms with E-state index in [2.05, 4.69) is 15.3 Å². The largest absolute Gasteiger partial charge is 0.496 e. The number of carbonyl (C=O) groups is 1. The van der Waals surface area contributed by atoms with Crippen molar-refractivity contribution < 1.29 is 9.53 Å². The molecule has 27 heavy (non-hydrogen) atoms. The molecule has 1 aliphatic rings. The number of aromatic nitrogens is 2. The van der Waals surface area contributed by atoms with E-state index in [9.17, 15) is 9.59 Å². The Morgan fingerprint density at radius 3 is 2.63 bits per heavy atom. The molecule has 1 aliphatic heterocycles. The van der Waals surface area contributed by atoms with Crippen molar-refractivity contribution in [1.82, 2.24) is 15.1 Å². The zero-order chi connectivity index (χ0) is 19.6. The van der Waals surface area contributed by atoms with Gasteiger partial charge in [-0.3, -0.25) is 9.59 Å². The molecule has 1 amide bonds. The fourth-order valence-electron chi connectivity index (χ4n) is 3.61. The summed E-state index contributed by atoms with van der Waals surface area (Å²) in [5.74, 6) is 1.09. The number of amides is 1. The van der Waals surface area contributed by atoms with Gasteiger partial charge in [0.05, 0.1) is 19.0 Å². The Morgan fingerprint density at radius 1 is 1.30 bits per heavy atom. The maximum Gasteiger partial charge on any atom is 0.268 e. The van der Waals surface area contributed by atoms with E-state index in [-0.39, 0.29) is 11.5 Å². The van der Waals surface area contributed by atoms with E-state index in [1.807, 2.05) is 26.0 Å². The molecule has 7 heteroatoms. The lowest BCUT2D eigenvalue weighted by atomic mass is 10.0. The molecule has 7 nitrogen and oxygen atoms in total. The lowest BCUT2D eigenvalue weighted by Crippen LogP contribution is -2.31. The van der Waals surface area contributed by atoms with Crippen LogP contribution >= 0.6 is 0 Å². The zero-order valence-corrected chi connectivity index (χ0v) is 16.3. The van der Waals surface area contributed by atoms with Gasteiger partial charge < -0.3 is 15.0 Å². The number of methoxy groups -OCH3 is 1. The highest BCUT2D eigenvalue weighted by Gasteiger charge is 2.24. The molecular formula is C20H26N4O3. The van der Waals surface area contributed by atoms with Crippen LogP contribution in [0.4, 0.5) is 5.69 Å². The molecule has 1 fully saturated rings. The zero-order valence-electron chi connectivity index (χ0n) is 16.3. The van der Waals surface area contributed by atoms with Crippen molar-refractivity contribution in [2.45, 2.75) is 20.3 Å². The molecule has 2 aromatic rings. The molecule has 0 bridgehead atoms. The summed E-state index contributed by atoms with van der Waals surface area (Å²) in [4.78, 5) is 26.4. The number of nitrogens with one attached hydrogen (secondary N) is 1. The Balaban J connectivity index is 1.58. The van der Waals surface area contributed by atoms with E-state index in [1.54, 1.807) is 26.4 Å². The molecule has 0 aliphatic carbocycles. The Bertz CT molecular complexity index is 883. The Labute approximate surface area is 158 Å². The summed E-state index contributed by atoms with van der Waals surface area (Å²) in [7, 11) is 3.27. The molecular weight excluding hydrogens is 344 g/mol. The Hall–Kier alpha value is -2.83. The van der Waals surface area contributed by atoms with E-state index in [0.717, 1.165) is 42.1 Å². The maximum absolute atomic E-state index is 12.5. The van der Waals surface area contributed by atoms with E-state index in [4.69, 9.17) is 4.74 Å². The molecule has 2 heterocycles. The van der Waals surface area contributed by atoms with E-state index in [1.165, 1.54) is 4.68 Å². The SMILES string of the molecule is COc1c(C)cc(C(=O)NCC2CCN(c3cnn(C)c(=O)c3)C2)cc1C. The molecule has 1 atom stereocenters. The van der Waals surface area contributed by atoms with Crippen LogP contribution in [0.1, 0.15) is 27.9 Å². The first kappa shape index (κ1) is 18.9. The average molecular weight is 370 g/mol. The summed E-state index contributed by atoms with van der Waals surface area (Å²) in [6.07, 6.45) is 2.68. The van der Waals surface area contributed by atoms with Gasteiger partial charge in [-0.2, -0.15) is 5.10 Å². The molecule has 144 valence electrons. The smallest absolute Gasteiger partial charge is 0.268 e. The van der Waals surface area contributed by atoms with Crippen LogP contribution in [0, 0.1) is 19.8 Å². The number of benzene rings is 1. The topological polar surface area (TPSA) is 76.5 Å². The predicted octanol–water partition coefficient (Wildman–Crippen LogP) is 1.66. The normalized spacial score (nSPS) is 16.4. The van der Waals surface area contributed by atoms with Gasteiger partial charge in [0.1, 0.15) is 5.75 Å². The van der Waals surface area contributed by atoms with Crippen LogP contribution < -0.4 is 20.5 Å². The highest BCUT2D eigenvalue weighted by molar-refractivity contribution is 5.94. The number of hydrogen-bond donors (Lipinski definition) is 1. The molecule has 1 aromatic carbocycles. The van der Waals surface area contributed by atoms with Crippen LogP contribution in [0.5, 0.6) is 5.75 Å². The van der Waals surface area contributed by atoms with Crippen molar-refractivity contribution in [2.24, 2.45) is 13.0 Å². The Kier molecular flexibility index (Phi) is 5.48. The molecule has 1 N–H and O–H groups in total. The summed E-state index contributed by atoms with van der Waals surface area (Å²) < 4.78 is 6.67. The third-order valence-electron chi connectivity index (χ3n) is 5.08. The summed E-state index contributed by atoms with van der Waals surface area (Å²) in [5, 5.41) is 7.11. The van der Waals surface area contributed by atoms with Crippen LogP contribution in [-0.4, -0.2) is 42.4 Å². The second-order valence-corrected chi connectivity index (χ2v) is 7.13. The van der Waals surface area contributed by atoms with Crippen molar-refractivity contribution in [3.05, 3.63) is 51.4 Å². The molecule has 0 saturated carbocycles. The highest BCUT2D eigenvalue weighted by Crippen LogP contribution is 2.25. The second kappa shape index (κ2) is 7.82. The summed E-state index contributed by atoms with van der Waals surface area (Å²) in [6, 6.07) is 5.32. The van der Waals surface area contributed by atoms with Crippen molar-refractivity contribution in [3.8, 4) is 5.75 Å². The van der Waals surface area contributed by atoms with Crippen LogP contribution in [0.15, 0.2) is 29.2 Å². The van der Waals surface area contributed by atoms with Gasteiger partial charge in [-0.25, -0.2) is 4.68 Å². The standard InChI is InChI=1S/C20H26N4O3/c1-13-7-16(8-14(2)19(13)27-4)20(26)21-10-15-5-6-24(12-15)17-9-18(25)23(3)22-11-17/h7-9,11,15H,5-6,10,12H2,1-4H3,(H,21,26). The third kappa shape index (κ3) is 4.13. The number of anilines is 1. The van der Waals surface area contributed by atoms with Crippen molar-refractivity contribution in [1.29, 1.82) is 0 Å². The number of rotatable bonds is 5. The fraction of sp³-hybridized carbons (Fsp3) is 0.450. The number of carbonyl (C=O) groups excluding carboxylic acids is 1. The summed E-state index contributed by atoms with van der Waals surface area (Å²) in [5.41, 5.74) is 3.28. The second-order valence-electron chi connectivity index (χ2n) is 7.13. The van der Waals surface area contributed by atoms with E-state index >= 15 is 0 Å². The number of hydrogen-bond acceptors (Lipinski definition) is 5. The van der Waals surface area contributed by atoms with Gasteiger partial charge in [0.2, 0.25) is 0 Å². The third-order valence-corrected chi connectivity index (χ3v) is 5.08.